The molecule has 0 unspecified atom stereocenters. The van der Waals surface area contributed by atoms with Crippen molar-refractivity contribution in [2.24, 2.45) is 5.92 Å². The minimum atomic E-state index is -0.184. The Hall–Kier alpha value is -2.04. The van der Waals surface area contributed by atoms with Crippen molar-refractivity contribution in [2.45, 2.75) is 40.0 Å². The summed E-state index contributed by atoms with van der Waals surface area (Å²) >= 11 is 0. The van der Waals surface area contributed by atoms with Crippen molar-refractivity contribution >= 4 is 23.2 Å². The number of amides is 2. The van der Waals surface area contributed by atoms with Crippen LogP contribution in [0.1, 0.15) is 38.7 Å². The highest BCUT2D eigenvalue weighted by atomic mass is 16.2. The van der Waals surface area contributed by atoms with Crippen LogP contribution >= 0.6 is 0 Å². The molecular formula is C18H27N3O2. The van der Waals surface area contributed by atoms with Crippen molar-refractivity contribution in [3.63, 3.8) is 0 Å². The van der Waals surface area contributed by atoms with Crippen molar-refractivity contribution < 1.29 is 9.59 Å². The fraction of sp³-hybridized carbons (Fsp3) is 0.556. The predicted octanol–water partition coefficient (Wildman–Crippen LogP) is 2.70. The summed E-state index contributed by atoms with van der Waals surface area (Å²) in [6, 6.07) is 6.02. The lowest BCUT2D eigenvalue weighted by atomic mass is 9.85. The topological polar surface area (TPSA) is 61.4 Å². The third kappa shape index (κ3) is 4.47. The second-order valence-electron chi connectivity index (χ2n) is 6.07. The molecule has 5 nitrogen and oxygen atoms in total. The third-order valence-electron chi connectivity index (χ3n) is 4.51. The first-order chi connectivity index (χ1) is 11.0. The van der Waals surface area contributed by atoms with Crippen LogP contribution in [0.15, 0.2) is 18.2 Å². The van der Waals surface area contributed by atoms with Gasteiger partial charge < -0.3 is 15.5 Å². The van der Waals surface area contributed by atoms with E-state index in [2.05, 4.69) is 35.4 Å². The van der Waals surface area contributed by atoms with E-state index in [1.54, 1.807) is 0 Å². The Labute approximate surface area is 138 Å². The lowest BCUT2D eigenvalue weighted by Crippen LogP contribution is -2.39. The minimum absolute atomic E-state index is 0.00000303. The first-order valence-electron chi connectivity index (χ1n) is 8.48. The maximum absolute atomic E-state index is 12.0. The Morgan fingerprint density at radius 2 is 1.91 bits per heavy atom. The van der Waals surface area contributed by atoms with Crippen molar-refractivity contribution in [1.82, 2.24) is 5.32 Å². The summed E-state index contributed by atoms with van der Waals surface area (Å²) in [7, 11) is 0. The van der Waals surface area contributed by atoms with Gasteiger partial charge in [0.1, 0.15) is 0 Å². The SMILES string of the molecule is CCN(CC)c1ccc(NC(=O)CNC(=O)C2CCC2)c(C)c1. The molecule has 0 bridgehead atoms. The molecular weight excluding hydrogens is 290 g/mol. The highest BCUT2D eigenvalue weighted by molar-refractivity contribution is 5.95. The van der Waals surface area contributed by atoms with Crippen LogP contribution in [0.3, 0.4) is 0 Å². The quantitative estimate of drug-likeness (QED) is 0.813. The molecule has 23 heavy (non-hydrogen) atoms. The summed E-state index contributed by atoms with van der Waals surface area (Å²) in [4.78, 5) is 26.0. The van der Waals surface area contributed by atoms with E-state index in [0.29, 0.717) is 0 Å². The van der Waals surface area contributed by atoms with Gasteiger partial charge in [0.2, 0.25) is 11.8 Å². The maximum atomic E-state index is 12.0. The first-order valence-corrected chi connectivity index (χ1v) is 8.48. The minimum Gasteiger partial charge on any atom is -0.372 e. The van der Waals surface area contributed by atoms with E-state index in [1.165, 1.54) is 0 Å². The van der Waals surface area contributed by atoms with Crippen molar-refractivity contribution in [3.8, 4) is 0 Å². The molecule has 0 saturated heterocycles. The molecule has 2 N–H and O–H groups in total. The van der Waals surface area contributed by atoms with E-state index in [9.17, 15) is 9.59 Å². The molecule has 5 heteroatoms. The summed E-state index contributed by atoms with van der Waals surface area (Å²) < 4.78 is 0. The fourth-order valence-corrected chi connectivity index (χ4v) is 2.75. The summed E-state index contributed by atoms with van der Waals surface area (Å²) in [5.41, 5.74) is 2.97. The number of aryl methyl sites for hydroxylation is 1. The van der Waals surface area contributed by atoms with Crippen LogP contribution in [-0.4, -0.2) is 31.4 Å². The van der Waals surface area contributed by atoms with Crippen LogP contribution in [0.4, 0.5) is 11.4 Å². The molecule has 0 radical (unpaired) electrons. The molecule has 2 amide bonds. The van der Waals surface area contributed by atoms with Gasteiger partial charge in [0, 0.05) is 30.4 Å². The zero-order chi connectivity index (χ0) is 16.8. The molecule has 0 aliphatic heterocycles. The zero-order valence-corrected chi connectivity index (χ0v) is 14.3. The van der Waals surface area contributed by atoms with Gasteiger partial charge in [-0.25, -0.2) is 0 Å². The van der Waals surface area contributed by atoms with Crippen molar-refractivity contribution in [1.29, 1.82) is 0 Å². The number of hydrogen-bond donors (Lipinski definition) is 2. The number of benzene rings is 1. The number of anilines is 2. The Morgan fingerprint density at radius 1 is 1.22 bits per heavy atom. The van der Waals surface area contributed by atoms with E-state index in [0.717, 1.165) is 49.3 Å². The third-order valence-corrected chi connectivity index (χ3v) is 4.51. The standard InChI is InChI=1S/C18H27N3O2/c1-4-21(5-2)15-9-10-16(13(3)11-15)20-17(22)12-19-18(23)14-7-6-8-14/h9-11,14H,4-8,12H2,1-3H3,(H,19,23)(H,20,22). The van der Waals surface area contributed by atoms with Crippen LogP contribution in [0.25, 0.3) is 0 Å². The predicted molar refractivity (Wildman–Crippen MR) is 93.7 cm³/mol. The molecule has 0 heterocycles. The van der Waals surface area contributed by atoms with Gasteiger partial charge in [-0.3, -0.25) is 9.59 Å². The van der Waals surface area contributed by atoms with Crippen LogP contribution in [0.2, 0.25) is 0 Å². The largest absolute Gasteiger partial charge is 0.372 e. The molecule has 1 aliphatic rings. The summed E-state index contributed by atoms with van der Waals surface area (Å²) in [5, 5.41) is 5.58. The molecule has 0 atom stereocenters. The average molecular weight is 317 g/mol. The number of hydrogen-bond acceptors (Lipinski definition) is 3. The van der Waals surface area contributed by atoms with Gasteiger partial charge in [-0.15, -0.1) is 0 Å². The number of rotatable bonds is 7. The normalized spacial score (nSPS) is 14.0. The van der Waals surface area contributed by atoms with Crippen LogP contribution in [0, 0.1) is 12.8 Å². The molecule has 126 valence electrons. The van der Waals surface area contributed by atoms with Gasteiger partial charge in [-0.1, -0.05) is 6.42 Å². The van der Waals surface area contributed by atoms with E-state index in [1.807, 2.05) is 19.1 Å². The van der Waals surface area contributed by atoms with E-state index in [4.69, 9.17) is 0 Å². The summed E-state index contributed by atoms with van der Waals surface area (Å²) in [6.45, 7) is 8.17. The second-order valence-corrected chi connectivity index (χ2v) is 6.07. The van der Waals surface area contributed by atoms with E-state index in [-0.39, 0.29) is 24.3 Å². The van der Waals surface area contributed by atoms with Crippen LogP contribution in [0.5, 0.6) is 0 Å². The van der Waals surface area contributed by atoms with Gasteiger partial charge in [0.15, 0.2) is 0 Å². The van der Waals surface area contributed by atoms with Crippen molar-refractivity contribution in [2.75, 3.05) is 29.9 Å². The maximum Gasteiger partial charge on any atom is 0.243 e. The van der Waals surface area contributed by atoms with Gasteiger partial charge in [-0.05, 0) is 57.4 Å². The van der Waals surface area contributed by atoms with Gasteiger partial charge in [-0.2, -0.15) is 0 Å². The first kappa shape index (κ1) is 17.3. The molecule has 0 aromatic heterocycles. The van der Waals surface area contributed by atoms with E-state index < -0.39 is 0 Å². The summed E-state index contributed by atoms with van der Waals surface area (Å²) in [5.74, 6) is -0.0748. The molecule has 1 aliphatic carbocycles. The van der Waals surface area contributed by atoms with Gasteiger partial charge in [0.25, 0.3) is 0 Å². The smallest absolute Gasteiger partial charge is 0.243 e. The monoisotopic (exact) mass is 317 g/mol. The Morgan fingerprint density at radius 3 is 2.43 bits per heavy atom. The fourth-order valence-electron chi connectivity index (χ4n) is 2.75. The van der Waals surface area contributed by atoms with Gasteiger partial charge >= 0.3 is 0 Å². The average Bonchev–Trinajstić information content (AvgIpc) is 2.47. The second kappa shape index (κ2) is 7.99. The number of nitrogens with one attached hydrogen (secondary N) is 2. The molecule has 1 aromatic carbocycles. The molecule has 1 fully saturated rings. The van der Waals surface area contributed by atoms with Crippen LogP contribution in [-0.2, 0) is 9.59 Å². The lowest BCUT2D eigenvalue weighted by Gasteiger charge is -2.24. The van der Waals surface area contributed by atoms with Crippen LogP contribution < -0.4 is 15.5 Å². The highest BCUT2D eigenvalue weighted by Gasteiger charge is 2.25. The number of carbonyl (C=O) groups is 2. The number of carbonyl (C=O) groups excluding carboxylic acids is 2. The van der Waals surface area contributed by atoms with Gasteiger partial charge in [0.05, 0.1) is 6.54 Å². The van der Waals surface area contributed by atoms with Crippen molar-refractivity contribution in [3.05, 3.63) is 23.8 Å². The Bertz CT molecular complexity index is 563. The zero-order valence-electron chi connectivity index (χ0n) is 14.3. The molecule has 0 spiro atoms. The Balaban J connectivity index is 1.88. The molecule has 2 rings (SSSR count). The molecule has 1 saturated carbocycles. The lowest BCUT2D eigenvalue weighted by molar-refractivity contribution is -0.129. The Kier molecular flexibility index (Phi) is 6.02. The van der Waals surface area contributed by atoms with E-state index >= 15 is 0 Å². The molecule has 1 aromatic rings. The number of nitrogens with zero attached hydrogens (tertiary/aromatic N) is 1. The summed E-state index contributed by atoms with van der Waals surface area (Å²) in [6.07, 6.45) is 3.00. The highest BCUT2D eigenvalue weighted by Crippen LogP contribution is 2.26.